The van der Waals surface area contributed by atoms with E-state index in [1.165, 1.54) is 0 Å². The van der Waals surface area contributed by atoms with Gasteiger partial charge in [0.2, 0.25) is 0 Å². The molecule has 1 atom stereocenters. The smallest absolute Gasteiger partial charge is 0.0743 e. The lowest BCUT2D eigenvalue weighted by Crippen LogP contribution is -2.11. The standard InChI is InChI=1S/C13H16BrN3/c1-8(15)11-6-4-5-7-12(11)17-10(3)13(14)9(2)16-17/h4-8H,15H2,1-3H3. The molecule has 17 heavy (non-hydrogen) atoms. The van der Waals surface area contributed by atoms with Crippen LogP contribution in [0.5, 0.6) is 0 Å². The molecule has 2 aromatic rings. The van der Waals surface area contributed by atoms with E-state index in [0.29, 0.717) is 0 Å². The van der Waals surface area contributed by atoms with Crippen LogP contribution in [0.15, 0.2) is 28.7 Å². The maximum atomic E-state index is 5.99. The van der Waals surface area contributed by atoms with Gasteiger partial charge in [-0.25, -0.2) is 4.68 Å². The third-order valence-corrected chi connectivity index (χ3v) is 4.01. The number of benzene rings is 1. The zero-order valence-corrected chi connectivity index (χ0v) is 11.8. The van der Waals surface area contributed by atoms with Gasteiger partial charge in [0.05, 0.1) is 21.5 Å². The van der Waals surface area contributed by atoms with E-state index in [9.17, 15) is 0 Å². The Balaban J connectivity index is 2.64. The van der Waals surface area contributed by atoms with Crippen molar-refractivity contribution < 1.29 is 0 Å². The molecule has 0 saturated heterocycles. The molecule has 0 bridgehead atoms. The van der Waals surface area contributed by atoms with Crippen molar-refractivity contribution in [3.63, 3.8) is 0 Å². The van der Waals surface area contributed by atoms with Gasteiger partial charge >= 0.3 is 0 Å². The SMILES string of the molecule is Cc1nn(-c2ccccc2C(C)N)c(C)c1Br. The molecule has 0 saturated carbocycles. The zero-order valence-electron chi connectivity index (χ0n) is 10.2. The fraction of sp³-hybridized carbons (Fsp3) is 0.308. The monoisotopic (exact) mass is 293 g/mol. The Bertz CT molecular complexity index is 544. The number of halogens is 1. The second-order valence-electron chi connectivity index (χ2n) is 4.24. The molecule has 1 aromatic carbocycles. The van der Waals surface area contributed by atoms with Gasteiger partial charge in [-0.3, -0.25) is 0 Å². The largest absolute Gasteiger partial charge is 0.324 e. The highest BCUT2D eigenvalue weighted by Gasteiger charge is 2.14. The molecule has 1 heterocycles. The van der Waals surface area contributed by atoms with Crippen LogP contribution in [-0.2, 0) is 0 Å². The second-order valence-corrected chi connectivity index (χ2v) is 5.04. The summed E-state index contributed by atoms with van der Waals surface area (Å²) >= 11 is 3.54. The van der Waals surface area contributed by atoms with Crippen LogP contribution in [0.3, 0.4) is 0 Å². The van der Waals surface area contributed by atoms with Gasteiger partial charge in [0.15, 0.2) is 0 Å². The lowest BCUT2D eigenvalue weighted by molar-refractivity contribution is 0.766. The third kappa shape index (κ3) is 2.15. The Morgan fingerprint density at radius 1 is 1.29 bits per heavy atom. The van der Waals surface area contributed by atoms with Gasteiger partial charge in [-0.1, -0.05) is 18.2 Å². The summed E-state index contributed by atoms with van der Waals surface area (Å²) in [6.45, 7) is 6.02. The van der Waals surface area contributed by atoms with E-state index in [2.05, 4.69) is 21.0 Å². The van der Waals surface area contributed by atoms with Crippen LogP contribution in [-0.4, -0.2) is 9.78 Å². The highest BCUT2D eigenvalue weighted by atomic mass is 79.9. The average molecular weight is 294 g/mol. The summed E-state index contributed by atoms with van der Waals surface area (Å²) in [6, 6.07) is 8.09. The van der Waals surface area contributed by atoms with Gasteiger partial charge in [-0.05, 0) is 48.3 Å². The van der Waals surface area contributed by atoms with Crippen LogP contribution in [0, 0.1) is 13.8 Å². The van der Waals surface area contributed by atoms with E-state index >= 15 is 0 Å². The Hall–Kier alpha value is -1.13. The quantitative estimate of drug-likeness (QED) is 0.923. The molecule has 4 heteroatoms. The maximum absolute atomic E-state index is 5.99. The topological polar surface area (TPSA) is 43.8 Å². The van der Waals surface area contributed by atoms with Crippen molar-refractivity contribution in [2.75, 3.05) is 0 Å². The second kappa shape index (κ2) is 4.63. The van der Waals surface area contributed by atoms with Crippen LogP contribution in [0.2, 0.25) is 0 Å². The zero-order chi connectivity index (χ0) is 12.6. The van der Waals surface area contributed by atoms with Crippen molar-refractivity contribution >= 4 is 15.9 Å². The molecule has 0 radical (unpaired) electrons. The summed E-state index contributed by atoms with van der Waals surface area (Å²) in [5, 5.41) is 4.54. The van der Waals surface area contributed by atoms with E-state index in [1.54, 1.807) is 0 Å². The first-order chi connectivity index (χ1) is 8.02. The predicted molar refractivity (Wildman–Crippen MR) is 73.3 cm³/mol. The van der Waals surface area contributed by atoms with Gasteiger partial charge in [0, 0.05) is 6.04 Å². The molecule has 0 aliphatic carbocycles. The Morgan fingerprint density at radius 2 is 1.94 bits per heavy atom. The molecular formula is C13H16BrN3. The summed E-state index contributed by atoms with van der Waals surface area (Å²) in [5.41, 5.74) is 10.2. The van der Waals surface area contributed by atoms with Gasteiger partial charge in [0.1, 0.15) is 0 Å². The summed E-state index contributed by atoms with van der Waals surface area (Å²) in [5.74, 6) is 0. The molecule has 1 unspecified atom stereocenters. The molecule has 0 aliphatic rings. The van der Waals surface area contributed by atoms with Crippen molar-refractivity contribution in [3.05, 3.63) is 45.7 Å². The number of aromatic nitrogens is 2. The first-order valence-corrected chi connectivity index (χ1v) is 6.38. The van der Waals surface area contributed by atoms with Crippen LogP contribution in [0.1, 0.15) is 29.9 Å². The van der Waals surface area contributed by atoms with E-state index in [1.807, 2.05) is 49.7 Å². The maximum Gasteiger partial charge on any atom is 0.0743 e. The summed E-state index contributed by atoms with van der Waals surface area (Å²) in [4.78, 5) is 0. The molecular weight excluding hydrogens is 278 g/mol. The van der Waals surface area contributed by atoms with Crippen molar-refractivity contribution in [1.29, 1.82) is 0 Å². The normalized spacial score (nSPS) is 12.8. The lowest BCUT2D eigenvalue weighted by atomic mass is 10.1. The van der Waals surface area contributed by atoms with Crippen LogP contribution >= 0.6 is 15.9 Å². The molecule has 0 spiro atoms. The number of para-hydroxylation sites is 1. The Morgan fingerprint density at radius 3 is 2.47 bits per heavy atom. The van der Waals surface area contributed by atoms with Gasteiger partial charge in [0.25, 0.3) is 0 Å². The lowest BCUT2D eigenvalue weighted by Gasteiger charge is -2.13. The number of hydrogen-bond donors (Lipinski definition) is 1. The molecule has 0 fully saturated rings. The fourth-order valence-electron chi connectivity index (χ4n) is 1.92. The van der Waals surface area contributed by atoms with Crippen molar-refractivity contribution in [2.24, 2.45) is 5.73 Å². The highest BCUT2D eigenvalue weighted by molar-refractivity contribution is 9.10. The minimum absolute atomic E-state index is 0.00567. The van der Waals surface area contributed by atoms with E-state index in [4.69, 9.17) is 5.73 Å². The van der Waals surface area contributed by atoms with E-state index in [-0.39, 0.29) is 6.04 Å². The number of hydrogen-bond acceptors (Lipinski definition) is 2. The average Bonchev–Trinajstić information content (AvgIpc) is 2.57. The predicted octanol–water partition coefficient (Wildman–Crippen LogP) is 3.27. The highest BCUT2D eigenvalue weighted by Crippen LogP contribution is 2.26. The summed E-state index contributed by atoms with van der Waals surface area (Å²) < 4.78 is 3.00. The minimum Gasteiger partial charge on any atom is -0.324 e. The first kappa shape index (κ1) is 12.3. The molecule has 0 aliphatic heterocycles. The van der Waals surface area contributed by atoms with Crippen LogP contribution < -0.4 is 5.73 Å². The fourth-order valence-corrected chi connectivity index (χ4v) is 2.17. The van der Waals surface area contributed by atoms with E-state index in [0.717, 1.165) is 27.1 Å². The summed E-state index contributed by atoms with van der Waals surface area (Å²) in [6.07, 6.45) is 0. The van der Waals surface area contributed by atoms with Gasteiger partial charge in [-0.15, -0.1) is 0 Å². The van der Waals surface area contributed by atoms with Crippen molar-refractivity contribution in [2.45, 2.75) is 26.8 Å². The molecule has 2 N–H and O–H groups in total. The third-order valence-electron chi connectivity index (χ3n) is 2.86. The molecule has 0 amide bonds. The van der Waals surface area contributed by atoms with Crippen molar-refractivity contribution in [1.82, 2.24) is 9.78 Å². The van der Waals surface area contributed by atoms with Gasteiger partial charge in [-0.2, -0.15) is 5.10 Å². The number of nitrogens with two attached hydrogens (primary N) is 1. The minimum atomic E-state index is -0.00567. The summed E-state index contributed by atoms with van der Waals surface area (Å²) in [7, 11) is 0. The number of rotatable bonds is 2. The Labute approximate surface area is 110 Å². The van der Waals surface area contributed by atoms with Crippen molar-refractivity contribution in [3.8, 4) is 5.69 Å². The molecule has 2 rings (SSSR count). The first-order valence-electron chi connectivity index (χ1n) is 5.59. The number of nitrogens with zero attached hydrogens (tertiary/aromatic N) is 2. The number of aryl methyl sites for hydroxylation is 1. The van der Waals surface area contributed by atoms with Crippen LogP contribution in [0.4, 0.5) is 0 Å². The Kier molecular flexibility index (Phi) is 3.35. The molecule has 1 aromatic heterocycles. The molecule has 90 valence electrons. The van der Waals surface area contributed by atoms with E-state index < -0.39 is 0 Å². The van der Waals surface area contributed by atoms with Crippen LogP contribution in [0.25, 0.3) is 5.69 Å². The van der Waals surface area contributed by atoms with Gasteiger partial charge < -0.3 is 5.73 Å². The molecule has 3 nitrogen and oxygen atoms in total.